The third kappa shape index (κ3) is 2.81. The highest BCUT2D eigenvalue weighted by Gasteiger charge is 2.21. The molecule has 2 heterocycles. The highest BCUT2D eigenvalue weighted by Crippen LogP contribution is 2.14. The zero-order chi connectivity index (χ0) is 11.4. The van der Waals surface area contributed by atoms with E-state index in [4.69, 9.17) is 9.26 Å². The molecular formula is C11H19N3O2. The molecule has 16 heavy (non-hydrogen) atoms. The predicted octanol–water partition coefficient (Wildman–Crippen LogP) is 0.615. The molecule has 1 aliphatic rings. The number of nitrogens with zero attached hydrogens (tertiary/aromatic N) is 2. The molecule has 1 saturated heterocycles. The van der Waals surface area contributed by atoms with Gasteiger partial charge in [0.05, 0.1) is 18.8 Å². The molecule has 0 aromatic carbocycles. The van der Waals surface area contributed by atoms with Crippen molar-refractivity contribution in [2.75, 3.05) is 27.3 Å². The Bertz CT molecular complexity index is 321. The van der Waals surface area contributed by atoms with Crippen LogP contribution in [-0.2, 0) is 17.8 Å². The van der Waals surface area contributed by atoms with Gasteiger partial charge in [0.25, 0.3) is 0 Å². The summed E-state index contributed by atoms with van der Waals surface area (Å²) in [6.45, 7) is 3.24. The van der Waals surface area contributed by atoms with Crippen molar-refractivity contribution < 1.29 is 9.26 Å². The van der Waals surface area contributed by atoms with Crippen LogP contribution in [0.25, 0.3) is 0 Å². The zero-order valence-corrected chi connectivity index (χ0v) is 9.90. The molecule has 0 spiro atoms. The highest BCUT2D eigenvalue weighted by molar-refractivity contribution is 5.05. The van der Waals surface area contributed by atoms with Gasteiger partial charge < -0.3 is 14.6 Å². The first-order valence-electron chi connectivity index (χ1n) is 5.66. The van der Waals surface area contributed by atoms with Gasteiger partial charge in [-0.15, -0.1) is 0 Å². The lowest BCUT2D eigenvalue weighted by molar-refractivity contribution is 0.150. The van der Waals surface area contributed by atoms with Gasteiger partial charge >= 0.3 is 0 Å². The van der Waals surface area contributed by atoms with Crippen molar-refractivity contribution >= 4 is 0 Å². The van der Waals surface area contributed by atoms with Gasteiger partial charge in [0, 0.05) is 25.3 Å². The van der Waals surface area contributed by atoms with E-state index in [0.717, 1.165) is 44.2 Å². The van der Waals surface area contributed by atoms with Crippen LogP contribution in [0.5, 0.6) is 0 Å². The first-order chi connectivity index (χ1) is 7.79. The van der Waals surface area contributed by atoms with Crippen LogP contribution in [0.3, 0.4) is 0 Å². The van der Waals surface area contributed by atoms with E-state index in [-0.39, 0.29) is 0 Å². The summed E-state index contributed by atoms with van der Waals surface area (Å²) in [4.78, 5) is 2.26. The van der Waals surface area contributed by atoms with E-state index in [1.807, 2.05) is 13.1 Å². The van der Waals surface area contributed by atoms with E-state index >= 15 is 0 Å². The summed E-state index contributed by atoms with van der Waals surface area (Å²) in [5, 5.41) is 7.04. The molecule has 1 fully saturated rings. The highest BCUT2D eigenvalue weighted by atomic mass is 16.5. The van der Waals surface area contributed by atoms with Crippen LogP contribution in [0.4, 0.5) is 0 Å². The Morgan fingerprint density at radius 1 is 1.62 bits per heavy atom. The molecule has 0 aliphatic carbocycles. The lowest BCUT2D eigenvalue weighted by atomic mass is 10.2. The van der Waals surface area contributed by atoms with Gasteiger partial charge in [0.2, 0.25) is 0 Å². The second-order valence-electron chi connectivity index (χ2n) is 4.25. The number of likely N-dealkylation sites (N-methyl/N-ethyl adjacent to an activating group) is 1. The predicted molar refractivity (Wildman–Crippen MR) is 60.0 cm³/mol. The fourth-order valence-corrected chi connectivity index (χ4v) is 1.94. The molecule has 1 atom stereocenters. The van der Waals surface area contributed by atoms with Crippen molar-refractivity contribution in [1.29, 1.82) is 0 Å². The minimum Gasteiger partial charge on any atom is -0.380 e. The summed E-state index contributed by atoms with van der Waals surface area (Å²) >= 11 is 0. The normalized spacial score (nSPS) is 20.8. The largest absolute Gasteiger partial charge is 0.380 e. The molecule has 1 aliphatic heterocycles. The molecule has 0 amide bonds. The Balaban J connectivity index is 1.87. The Labute approximate surface area is 95.7 Å². The second-order valence-corrected chi connectivity index (χ2v) is 4.25. The standard InChI is InChI=1S/C11H19N3O2/c1-12-6-9-5-11(16-13-9)7-14(2)10-3-4-15-8-10/h5,10,12H,3-4,6-8H2,1-2H3. The first-order valence-corrected chi connectivity index (χ1v) is 5.66. The molecule has 0 bridgehead atoms. The molecule has 1 N–H and O–H groups in total. The van der Waals surface area contributed by atoms with Gasteiger partial charge in [-0.3, -0.25) is 4.90 Å². The average molecular weight is 225 g/mol. The number of hydrogen-bond donors (Lipinski definition) is 1. The van der Waals surface area contributed by atoms with Gasteiger partial charge in [-0.25, -0.2) is 0 Å². The van der Waals surface area contributed by atoms with Gasteiger partial charge in [-0.2, -0.15) is 0 Å². The van der Waals surface area contributed by atoms with E-state index in [2.05, 4.69) is 22.4 Å². The minimum atomic E-state index is 0.512. The topological polar surface area (TPSA) is 50.5 Å². The molecule has 90 valence electrons. The lowest BCUT2D eigenvalue weighted by Crippen LogP contribution is -2.31. The summed E-state index contributed by atoms with van der Waals surface area (Å²) in [7, 11) is 4.00. The Morgan fingerprint density at radius 3 is 3.19 bits per heavy atom. The first kappa shape index (κ1) is 11.6. The van der Waals surface area contributed by atoms with E-state index in [1.54, 1.807) is 0 Å². The van der Waals surface area contributed by atoms with Crippen LogP contribution in [0, 0.1) is 0 Å². The van der Waals surface area contributed by atoms with Crippen molar-refractivity contribution in [2.24, 2.45) is 0 Å². The number of rotatable bonds is 5. The van der Waals surface area contributed by atoms with Crippen LogP contribution in [0.1, 0.15) is 17.9 Å². The van der Waals surface area contributed by atoms with Crippen LogP contribution in [-0.4, -0.2) is 43.4 Å². The number of ether oxygens (including phenoxy) is 1. The quantitative estimate of drug-likeness (QED) is 0.796. The Hall–Kier alpha value is -0.910. The lowest BCUT2D eigenvalue weighted by Gasteiger charge is -2.20. The van der Waals surface area contributed by atoms with Crippen molar-refractivity contribution in [3.8, 4) is 0 Å². The molecule has 0 saturated carbocycles. The van der Waals surface area contributed by atoms with Crippen LogP contribution in [0.2, 0.25) is 0 Å². The molecule has 5 heteroatoms. The number of hydrogen-bond acceptors (Lipinski definition) is 5. The van der Waals surface area contributed by atoms with Gasteiger partial charge in [0.15, 0.2) is 5.76 Å². The molecule has 1 unspecified atom stereocenters. The van der Waals surface area contributed by atoms with Crippen molar-refractivity contribution in [3.05, 3.63) is 17.5 Å². The third-order valence-electron chi connectivity index (χ3n) is 2.90. The maximum Gasteiger partial charge on any atom is 0.151 e. The summed E-state index contributed by atoms with van der Waals surface area (Å²) in [5.74, 6) is 0.916. The fraction of sp³-hybridized carbons (Fsp3) is 0.727. The summed E-state index contributed by atoms with van der Waals surface area (Å²) < 4.78 is 10.6. The SMILES string of the molecule is CNCc1cc(CN(C)C2CCOC2)on1. The van der Waals surface area contributed by atoms with Gasteiger partial charge in [0.1, 0.15) is 0 Å². The molecule has 1 aromatic heterocycles. The third-order valence-corrected chi connectivity index (χ3v) is 2.90. The van der Waals surface area contributed by atoms with E-state index in [9.17, 15) is 0 Å². The zero-order valence-electron chi connectivity index (χ0n) is 9.90. The maximum absolute atomic E-state index is 5.36. The van der Waals surface area contributed by atoms with Crippen molar-refractivity contribution in [2.45, 2.75) is 25.6 Å². The molecule has 1 aromatic rings. The van der Waals surface area contributed by atoms with Crippen LogP contribution in [0.15, 0.2) is 10.6 Å². The average Bonchev–Trinajstić information content (AvgIpc) is 2.89. The Kier molecular flexibility index (Phi) is 3.93. The molecular weight excluding hydrogens is 206 g/mol. The smallest absolute Gasteiger partial charge is 0.151 e. The minimum absolute atomic E-state index is 0.512. The van der Waals surface area contributed by atoms with Gasteiger partial charge in [-0.05, 0) is 20.5 Å². The van der Waals surface area contributed by atoms with E-state index in [0.29, 0.717) is 6.04 Å². The molecule has 5 nitrogen and oxygen atoms in total. The van der Waals surface area contributed by atoms with Crippen LogP contribution >= 0.6 is 0 Å². The van der Waals surface area contributed by atoms with E-state index in [1.165, 1.54) is 0 Å². The second kappa shape index (κ2) is 5.43. The molecule has 2 rings (SSSR count). The summed E-state index contributed by atoms with van der Waals surface area (Å²) in [6, 6.07) is 2.51. The molecule has 0 radical (unpaired) electrons. The van der Waals surface area contributed by atoms with Crippen molar-refractivity contribution in [3.63, 3.8) is 0 Å². The van der Waals surface area contributed by atoms with Crippen molar-refractivity contribution in [1.82, 2.24) is 15.4 Å². The summed E-state index contributed by atoms with van der Waals surface area (Å²) in [5.41, 5.74) is 0.952. The Morgan fingerprint density at radius 2 is 2.50 bits per heavy atom. The fourth-order valence-electron chi connectivity index (χ4n) is 1.94. The van der Waals surface area contributed by atoms with Gasteiger partial charge in [-0.1, -0.05) is 5.16 Å². The summed E-state index contributed by atoms with van der Waals surface area (Å²) in [6.07, 6.45) is 1.11. The number of nitrogens with one attached hydrogen (secondary N) is 1. The van der Waals surface area contributed by atoms with E-state index < -0.39 is 0 Å². The van der Waals surface area contributed by atoms with Crippen LogP contribution < -0.4 is 5.32 Å². The number of aromatic nitrogens is 1. The monoisotopic (exact) mass is 225 g/mol. The maximum atomic E-state index is 5.36.